The predicted octanol–water partition coefficient (Wildman–Crippen LogP) is 3.45. The average Bonchev–Trinajstić information content (AvgIpc) is 3.10. The second-order valence-corrected chi connectivity index (χ2v) is 7.93. The van der Waals surface area contributed by atoms with Gasteiger partial charge in [0.25, 0.3) is 5.56 Å². The van der Waals surface area contributed by atoms with Crippen LogP contribution < -0.4 is 5.56 Å². The van der Waals surface area contributed by atoms with E-state index in [2.05, 4.69) is 4.98 Å². The average molecular weight is 394 g/mol. The number of halogens is 1. The molecule has 2 heterocycles. The topological polar surface area (TPSA) is 61.2 Å². The van der Waals surface area contributed by atoms with Crippen LogP contribution in [0.4, 0.5) is 4.39 Å². The fraction of sp³-hybridized carbons (Fsp3) is 0.389. The summed E-state index contributed by atoms with van der Waals surface area (Å²) >= 11 is 2.70. The van der Waals surface area contributed by atoms with Gasteiger partial charge < -0.3 is 4.74 Å². The van der Waals surface area contributed by atoms with E-state index in [0.717, 1.165) is 17.9 Å². The number of thioether (sulfide) groups is 2. The van der Waals surface area contributed by atoms with Crippen LogP contribution in [0, 0.1) is 5.82 Å². The fourth-order valence-corrected chi connectivity index (χ4v) is 4.72. The minimum atomic E-state index is -0.458. The molecule has 0 aliphatic carbocycles. The van der Waals surface area contributed by atoms with Gasteiger partial charge in [0.15, 0.2) is 5.16 Å². The normalized spacial score (nSPS) is 14.1. The van der Waals surface area contributed by atoms with Crippen molar-refractivity contribution in [3.8, 4) is 5.69 Å². The number of benzene rings is 1. The van der Waals surface area contributed by atoms with E-state index in [-0.39, 0.29) is 17.3 Å². The number of fused-ring (bicyclic) bond motifs is 1. The lowest BCUT2D eigenvalue weighted by molar-refractivity contribution is -0.142. The molecule has 0 radical (unpaired) electrons. The molecule has 2 aromatic rings. The van der Waals surface area contributed by atoms with Crippen molar-refractivity contribution in [3.05, 3.63) is 46.1 Å². The largest absolute Gasteiger partial charge is 0.465 e. The van der Waals surface area contributed by atoms with Crippen molar-refractivity contribution in [3.63, 3.8) is 0 Å². The zero-order valence-corrected chi connectivity index (χ0v) is 16.2. The fourth-order valence-electron chi connectivity index (χ4n) is 2.65. The van der Waals surface area contributed by atoms with Gasteiger partial charge in [0.1, 0.15) is 11.1 Å². The Morgan fingerprint density at radius 3 is 2.77 bits per heavy atom. The number of nitrogens with zero attached hydrogens (tertiary/aromatic N) is 2. The molecule has 1 unspecified atom stereocenters. The first-order valence-corrected chi connectivity index (χ1v) is 10.3. The number of aryl methyl sites for hydroxylation is 1. The molecule has 0 spiro atoms. The van der Waals surface area contributed by atoms with Gasteiger partial charge in [-0.1, -0.05) is 18.7 Å². The molecule has 26 heavy (non-hydrogen) atoms. The lowest BCUT2D eigenvalue weighted by Crippen LogP contribution is -2.26. The first kappa shape index (κ1) is 19.0. The number of carbonyl (C=O) groups excluding carboxylic acids is 1. The van der Waals surface area contributed by atoms with Crippen LogP contribution in [0.15, 0.2) is 39.1 Å². The summed E-state index contributed by atoms with van der Waals surface area (Å²) in [6, 6.07) is 5.69. The number of ether oxygens (including phenoxy) is 1. The molecule has 1 aliphatic rings. The molecule has 1 aromatic carbocycles. The molecule has 0 N–H and O–H groups in total. The molecule has 1 aromatic heterocycles. The maximum Gasteiger partial charge on any atom is 0.319 e. The van der Waals surface area contributed by atoms with Crippen LogP contribution in [0.25, 0.3) is 5.69 Å². The van der Waals surface area contributed by atoms with Crippen molar-refractivity contribution in [1.29, 1.82) is 0 Å². The quantitative estimate of drug-likeness (QED) is 0.425. The Balaban J connectivity index is 2.08. The highest BCUT2D eigenvalue weighted by molar-refractivity contribution is 8.00. The third kappa shape index (κ3) is 3.81. The third-order valence-electron chi connectivity index (χ3n) is 3.92. The predicted molar refractivity (Wildman–Crippen MR) is 101 cm³/mol. The van der Waals surface area contributed by atoms with E-state index in [1.165, 1.54) is 40.2 Å². The first-order valence-electron chi connectivity index (χ1n) is 8.43. The van der Waals surface area contributed by atoms with Gasteiger partial charge >= 0.3 is 5.97 Å². The van der Waals surface area contributed by atoms with Crippen molar-refractivity contribution >= 4 is 29.5 Å². The molecule has 1 aliphatic heterocycles. The van der Waals surface area contributed by atoms with Gasteiger partial charge in [-0.05, 0) is 37.6 Å². The number of carbonyl (C=O) groups is 1. The lowest BCUT2D eigenvalue weighted by Gasteiger charge is -2.17. The van der Waals surface area contributed by atoms with Crippen LogP contribution in [0.1, 0.15) is 26.0 Å². The van der Waals surface area contributed by atoms with Gasteiger partial charge in [0.2, 0.25) is 0 Å². The van der Waals surface area contributed by atoms with Gasteiger partial charge in [-0.15, -0.1) is 11.8 Å². The van der Waals surface area contributed by atoms with Gasteiger partial charge in [-0.2, -0.15) is 0 Å². The first-order chi connectivity index (χ1) is 12.5. The molecule has 0 saturated heterocycles. The van der Waals surface area contributed by atoms with Gasteiger partial charge in [0, 0.05) is 12.2 Å². The molecule has 5 nitrogen and oxygen atoms in total. The molecular weight excluding hydrogens is 375 g/mol. The second-order valence-electron chi connectivity index (χ2n) is 5.65. The summed E-state index contributed by atoms with van der Waals surface area (Å²) < 4.78 is 19.9. The minimum Gasteiger partial charge on any atom is -0.465 e. The lowest BCUT2D eigenvalue weighted by atomic mass is 10.3. The van der Waals surface area contributed by atoms with Crippen molar-refractivity contribution in [2.45, 2.75) is 42.0 Å². The van der Waals surface area contributed by atoms with Crippen LogP contribution in [0.5, 0.6) is 0 Å². The zero-order valence-electron chi connectivity index (χ0n) is 14.5. The van der Waals surface area contributed by atoms with Crippen molar-refractivity contribution in [2.24, 2.45) is 0 Å². The molecule has 0 amide bonds. The third-order valence-corrected chi connectivity index (χ3v) is 6.32. The van der Waals surface area contributed by atoms with Crippen molar-refractivity contribution in [1.82, 2.24) is 9.55 Å². The molecule has 138 valence electrons. The summed E-state index contributed by atoms with van der Waals surface area (Å²) in [6.45, 7) is 3.95. The highest BCUT2D eigenvalue weighted by atomic mass is 32.2. The molecule has 3 rings (SSSR count). The highest BCUT2D eigenvalue weighted by Gasteiger charge is 2.26. The molecule has 0 bridgehead atoms. The Morgan fingerprint density at radius 1 is 1.38 bits per heavy atom. The van der Waals surface area contributed by atoms with E-state index in [0.29, 0.717) is 28.8 Å². The summed E-state index contributed by atoms with van der Waals surface area (Å²) in [5, 5.41) is -0.0246. The maximum atomic E-state index is 13.3. The van der Waals surface area contributed by atoms with Crippen LogP contribution in [0.2, 0.25) is 0 Å². The summed E-state index contributed by atoms with van der Waals surface area (Å²) in [5.74, 6) is 0.108. The molecular formula is C18H19FN2O3S2. The number of aromatic nitrogens is 2. The maximum absolute atomic E-state index is 13.3. The Hall–Kier alpha value is -1.80. The number of rotatable bonds is 6. The number of hydrogen-bond donors (Lipinski definition) is 0. The van der Waals surface area contributed by atoms with Crippen LogP contribution in [-0.2, 0) is 16.0 Å². The van der Waals surface area contributed by atoms with Gasteiger partial charge in [-0.3, -0.25) is 14.2 Å². The van der Waals surface area contributed by atoms with E-state index in [9.17, 15) is 14.0 Å². The molecule has 0 saturated carbocycles. The zero-order chi connectivity index (χ0) is 18.7. The summed E-state index contributed by atoms with van der Waals surface area (Å²) in [6.07, 6.45) is 1.28. The Kier molecular flexibility index (Phi) is 6.03. The van der Waals surface area contributed by atoms with Crippen LogP contribution >= 0.6 is 23.5 Å². The summed E-state index contributed by atoms with van der Waals surface area (Å²) in [4.78, 5) is 30.5. The van der Waals surface area contributed by atoms with Crippen LogP contribution in [0.3, 0.4) is 0 Å². The van der Waals surface area contributed by atoms with E-state index < -0.39 is 5.25 Å². The van der Waals surface area contributed by atoms with Crippen molar-refractivity contribution in [2.75, 3.05) is 12.4 Å². The second kappa shape index (κ2) is 8.26. The Labute approximate surface area is 159 Å². The van der Waals surface area contributed by atoms with Crippen molar-refractivity contribution < 1.29 is 13.9 Å². The SMILES string of the molecule is CCOC(=O)C(CC)Sc1nc2c(c(=O)n1-c1ccc(F)cc1)SCC2. The minimum absolute atomic E-state index is 0.176. The number of hydrogen-bond acceptors (Lipinski definition) is 6. The van der Waals surface area contributed by atoms with E-state index in [4.69, 9.17) is 4.74 Å². The summed E-state index contributed by atoms with van der Waals surface area (Å²) in [7, 11) is 0. The Bertz CT molecular complexity index is 868. The Morgan fingerprint density at radius 2 is 2.12 bits per heavy atom. The molecule has 8 heteroatoms. The molecule has 0 fully saturated rings. The highest BCUT2D eigenvalue weighted by Crippen LogP contribution is 2.32. The van der Waals surface area contributed by atoms with E-state index in [1.54, 1.807) is 19.1 Å². The van der Waals surface area contributed by atoms with Gasteiger partial charge in [-0.25, -0.2) is 9.37 Å². The standard InChI is InChI=1S/C18H19FN2O3S2/c1-3-14(17(23)24-4-2)26-18-20-13-9-10-25-15(13)16(22)21(18)12-7-5-11(19)6-8-12/h5-8,14H,3-4,9-10H2,1-2H3. The van der Waals surface area contributed by atoms with Crippen LogP contribution in [-0.4, -0.2) is 33.1 Å². The van der Waals surface area contributed by atoms with Gasteiger partial charge in [0.05, 0.1) is 22.9 Å². The monoisotopic (exact) mass is 394 g/mol. The smallest absolute Gasteiger partial charge is 0.319 e. The van der Waals surface area contributed by atoms with E-state index >= 15 is 0 Å². The molecule has 1 atom stereocenters. The number of esters is 1. The summed E-state index contributed by atoms with van der Waals surface area (Å²) in [5.41, 5.74) is 1.12. The van der Waals surface area contributed by atoms with E-state index in [1.807, 2.05) is 6.92 Å².